The standard InChI is InChI=1S/C16H25N/c1-13-7-9-14(10-8-13)11-12-15-5-3-4-6-16(15)17-2/h7-10,15-17H,3-6,11-12H2,1-2H3. The Bertz CT molecular complexity index is 328. The Labute approximate surface area is 106 Å². The van der Waals surface area contributed by atoms with Gasteiger partial charge in [-0.3, -0.25) is 0 Å². The molecule has 0 radical (unpaired) electrons. The van der Waals surface area contributed by atoms with Crippen LogP contribution < -0.4 is 5.32 Å². The Morgan fingerprint density at radius 2 is 1.82 bits per heavy atom. The highest BCUT2D eigenvalue weighted by molar-refractivity contribution is 5.21. The summed E-state index contributed by atoms with van der Waals surface area (Å²) in [5, 5.41) is 3.50. The van der Waals surface area contributed by atoms with Crippen molar-refractivity contribution in [2.45, 2.75) is 51.5 Å². The monoisotopic (exact) mass is 231 g/mol. The SMILES string of the molecule is CNC1CCCCC1CCc1ccc(C)cc1. The number of benzene rings is 1. The van der Waals surface area contributed by atoms with Crippen LogP contribution in [-0.4, -0.2) is 13.1 Å². The Morgan fingerprint density at radius 3 is 2.53 bits per heavy atom. The van der Waals surface area contributed by atoms with Crippen molar-refractivity contribution in [1.29, 1.82) is 0 Å². The first-order valence-corrected chi connectivity index (χ1v) is 7.02. The van der Waals surface area contributed by atoms with E-state index < -0.39 is 0 Å². The smallest absolute Gasteiger partial charge is 0.00924 e. The third kappa shape index (κ3) is 3.57. The number of hydrogen-bond acceptors (Lipinski definition) is 1. The highest BCUT2D eigenvalue weighted by atomic mass is 14.9. The lowest BCUT2D eigenvalue weighted by Gasteiger charge is -2.31. The number of hydrogen-bond donors (Lipinski definition) is 1. The van der Waals surface area contributed by atoms with Crippen molar-refractivity contribution in [3.63, 3.8) is 0 Å². The topological polar surface area (TPSA) is 12.0 Å². The molecular weight excluding hydrogens is 206 g/mol. The molecule has 1 aromatic carbocycles. The van der Waals surface area contributed by atoms with Crippen molar-refractivity contribution in [1.82, 2.24) is 5.32 Å². The molecule has 0 bridgehead atoms. The van der Waals surface area contributed by atoms with Crippen LogP contribution in [0.5, 0.6) is 0 Å². The molecule has 0 aromatic heterocycles. The third-order valence-electron chi connectivity index (χ3n) is 4.20. The van der Waals surface area contributed by atoms with Gasteiger partial charge in [0.05, 0.1) is 0 Å². The minimum atomic E-state index is 0.759. The van der Waals surface area contributed by atoms with Crippen LogP contribution in [0.15, 0.2) is 24.3 Å². The van der Waals surface area contributed by atoms with Crippen molar-refractivity contribution < 1.29 is 0 Å². The van der Waals surface area contributed by atoms with E-state index in [1.807, 2.05) is 0 Å². The molecule has 2 rings (SSSR count). The van der Waals surface area contributed by atoms with Gasteiger partial charge in [0.1, 0.15) is 0 Å². The Kier molecular flexibility index (Phi) is 4.61. The largest absolute Gasteiger partial charge is 0.317 e. The van der Waals surface area contributed by atoms with E-state index in [0.29, 0.717) is 0 Å². The van der Waals surface area contributed by atoms with Crippen LogP contribution in [0.1, 0.15) is 43.2 Å². The molecule has 1 aromatic rings. The van der Waals surface area contributed by atoms with Gasteiger partial charge < -0.3 is 5.32 Å². The van der Waals surface area contributed by atoms with E-state index >= 15 is 0 Å². The molecule has 1 aliphatic rings. The van der Waals surface area contributed by atoms with E-state index in [1.165, 1.54) is 49.7 Å². The molecule has 1 aliphatic carbocycles. The molecule has 0 heterocycles. The summed E-state index contributed by atoms with van der Waals surface area (Å²) in [6, 6.07) is 9.78. The van der Waals surface area contributed by atoms with Crippen LogP contribution in [0, 0.1) is 12.8 Å². The Hall–Kier alpha value is -0.820. The summed E-state index contributed by atoms with van der Waals surface area (Å²) in [7, 11) is 2.12. The molecule has 94 valence electrons. The highest BCUT2D eigenvalue weighted by Gasteiger charge is 2.22. The first-order chi connectivity index (χ1) is 8.29. The second-order valence-corrected chi connectivity index (χ2v) is 5.46. The zero-order valence-electron chi connectivity index (χ0n) is 11.2. The molecule has 0 aliphatic heterocycles. The van der Waals surface area contributed by atoms with Crippen molar-refractivity contribution in [2.75, 3.05) is 7.05 Å². The first-order valence-electron chi connectivity index (χ1n) is 7.02. The van der Waals surface area contributed by atoms with E-state index in [0.717, 1.165) is 12.0 Å². The van der Waals surface area contributed by atoms with Gasteiger partial charge in [-0.2, -0.15) is 0 Å². The van der Waals surface area contributed by atoms with E-state index in [9.17, 15) is 0 Å². The number of aryl methyl sites for hydroxylation is 2. The van der Waals surface area contributed by atoms with E-state index in [1.54, 1.807) is 0 Å². The summed E-state index contributed by atoms with van der Waals surface area (Å²) < 4.78 is 0. The van der Waals surface area contributed by atoms with Gasteiger partial charge in [0, 0.05) is 6.04 Å². The van der Waals surface area contributed by atoms with Gasteiger partial charge in [-0.25, -0.2) is 0 Å². The van der Waals surface area contributed by atoms with Gasteiger partial charge in [0.2, 0.25) is 0 Å². The molecule has 0 amide bonds. The lowest BCUT2D eigenvalue weighted by Crippen LogP contribution is -2.36. The van der Waals surface area contributed by atoms with Gasteiger partial charge in [-0.05, 0) is 51.1 Å². The molecule has 0 saturated heterocycles. The quantitative estimate of drug-likeness (QED) is 0.833. The molecule has 1 nitrogen and oxygen atoms in total. The van der Waals surface area contributed by atoms with Crippen LogP contribution in [0.2, 0.25) is 0 Å². The van der Waals surface area contributed by atoms with Gasteiger partial charge in [-0.1, -0.05) is 42.7 Å². The van der Waals surface area contributed by atoms with Crippen LogP contribution in [0.3, 0.4) is 0 Å². The maximum Gasteiger partial charge on any atom is 0.00924 e. The van der Waals surface area contributed by atoms with Gasteiger partial charge in [0.25, 0.3) is 0 Å². The Balaban J connectivity index is 1.86. The summed E-state index contributed by atoms with van der Waals surface area (Å²) in [5.41, 5.74) is 2.86. The molecule has 1 fully saturated rings. The zero-order valence-corrected chi connectivity index (χ0v) is 11.2. The molecule has 1 heteroatoms. The van der Waals surface area contributed by atoms with Crippen LogP contribution in [0.25, 0.3) is 0 Å². The molecule has 2 atom stereocenters. The number of nitrogens with one attached hydrogen (secondary N) is 1. The minimum Gasteiger partial charge on any atom is -0.317 e. The van der Waals surface area contributed by atoms with Crippen molar-refractivity contribution in [3.05, 3.63) is 35.4 Å². The number of rotatable bonds is 4. The maximum absolute atomic E-state index is 3.50. The van der Waals surface area contributed by atoms with Crippen molar-refractivity contribution in [3.8, 4) is 0 Å². The highest BCUT2D eigenvalue weighted by Crippen LogP contribution is 2.28. The second-order valence-electron chi connectivity index (χ2n) is 5.46. The zero-order chi connectivity index (χ0) is 12.1. The maximum atomic E-state index is 3.50. The fourth-order valence-electron chi connectivity index (χ4n) is 3.04. The fourth-order valence-corrected chi connectivity index (χ4v) is 3.04. The molecular formula is C16H25N. The lowest BCUT2D eigenvalue weighted by atomic mass is 9.81. The third-order valence-corrected chi connectivity index (χ3v) is 4.20. The summed E-state index contributed by atoms with van der Waals surface area (Å²) in [4.78, 5) is 0. The average Bonchev–Trinajstić information content (AvgIpc) is 2.38. The molecule has 0 spiro atoms. The van der Waals surface area contributed by atoms with E-state index in [2.05, 4.69) is 43.6 Å². The van der Waals surface area contributed by atoms with Gasteiger partial charge >= 0.3 is 0 Å². The van der Waals surface area contributed by atoms with Gasteiger partial charge in [-0.15, -0.1) is 0 Å². The molecule has 1 N–H and O–H groups in total. The van der Waals surface area contributed by atoms with Crippen LogP contribution >= 0.6 is 0 Å². The molecule has 1 saturated carbocycles. The lowest BCUT2D eigenvalue weighted by molar-refractivity contribution is 0.260. The minimum absolute atomic E-state index is 0.759. The van der Waals surface area contributed by atoms with E-state index in [-0.39, 0.29) is 0 Å². The second kappa shape index (κ2) is 6.20. The van der Waals surface area contributed by atoms with Crippen molar-refractivity contribution in [2.24, 2.45) is 5.92 Å². The molecule has 17 heavy (non-hydrogen) atoms. The summed E-state index contributed by atoms with van der Waals surface area (Å²) in [6.07, 6.45) is 8.20. The van der Waals surface area contributed by atoms with E-state index in [4.69, 9.17) is 0 Å². The van der Waals surface area contributed by atoms with Crippen LogP contribution in [-0.2, 0) is 6.42 Å². The average molecular weight is 231 g/mol. The predicted octanol–water partition coefficient (Wildman–Crippen LogP) is 3.71. The fraction of sp³-hybridized carbons (Fsp3) is 0.625. The summed E-state index contributed by atoms with van der Waals surface area (Å²) >= 11 is 0. The van der Waals surface area contributed by atoms with Gasteiger partial charge in [0.15, 0.2) is 0 Å². The predicted molar refractivity (Wildman–Crippen MR) is 74.3 cm³/mol. The molecule has 2 unspecified atom stereocenters. The summed E-state index contributed by atoms with van der Waals surface area (Å²) in [6.45, 7) is 2.15. The van der Waals surface area contributed by atoms with Crippen LogP contribution in [0.4, 0.5) is 0 Å². The Morgan fingerprint density at radius 1 is 1.12 bits per heavy atom. The van der Waals surface area contributed by atoms with Crippen molar-refractivity contribution >= 4 is 0 Å². The summed E-state index contributed by atoms with van der Waals surface area (Å²) in [5.74, 6) is 0.884. The first kappa shape index (κ1) is 12.6. The normalized spacial score (nSPS) is 24.8.